The maximum Gasteiger partial charge on any atom is 0.257 e. The number of aryl methyl sites for hydroxylation is 2. The number of benzene rings is 1. The van der Waals surface area contributed by atoms with Gasteiger partial charge in [0.1, 0.15) is 5.82 Å². The number of thiophene rings is 1. The number of rotatable bonds is 4. The highest BCUT2D eigenvalue weighted by atomic mass is 32.1. The van der Waals surface area contributed by atoms with Gasteiger partial charge in [-0.1, -0.05) is 12.1 Å². The molecule has 2 heterocycles. The van der Waals surface area contributed by atoms with E-state index in [0.717, 1.165) is 9.75 Å². The minimum absolute atomic E-state index is 0.113. The number of carbonyl (C=O) groups excluding carboxylic acids is 1. The first-order valence-electron chi connectivity index (χ1n) is 6.96. The fraction of sp³-hybridized carbons (Fsp3) is 0.188. The van der Waals surface area contributed by atoms with Crippen molar-refractivity contribution in [2.75, 3.05) is 5.32 Å². The van der Waals surface area contributed by atoms with Crippen LogP contribution in [0.3, 0.4) is 0 Å². The van der Waals surface area contributed by atoms with Crippen LogP contribution in [0.5, 0.6) is 0 Å². The fourth-order valence-electron chi connectivity index (χ4n) is 2.13. The van der Waals surface area contributed by atoms with E-state index in [0.29, 0.717) is 23.0 Å². The van der Waals surface area contributed by atoms with Gasteiger partial charge in [0.25, 0.3) is 5.89 Å². The number of halogens is 1. The Balaban J connectivity index is 1.72. The molecule has 0 atom stereocenters. The lowest BCUT2D eigenvalue weighted by Crippen LogP contribution is -2.14. The number of nitrogens with zero attached hydrogens (tertiary/aromatic N) is 2. The van der Waals surface area contributed by atoms with Crippen LogP contribution in [0.2, 0.25) is 0 Å². The van der Waals surface area contributed by atoms with Crippen molar-refractivity contribution in [1.82, 2.24) is 10.2 Å². The van der Waals surface area contributed by atoms with Crippen molar-refractivity contribution in [3.05, 3.63) is 52.5 Å². The molecule has 0 spiro atoms. The van der Waals surface area contributed by atoms with E-state index in [1.54, 1.807) is 25.1 Å². The topological polar surface area (TPSA) is 68.0 Å². The molecule has 5 nitrogen and oxygen atoms in total. The number of hydrogen-bond acceptors (Lipinski definition) is 5. The van der Waals surface area contributed by atoms with Gasteiger partial charge in [-0.25, -0.2) is 4.39 Å². The molecule has 0 aliphatic rings. The molecule has 0 fully saturated rings. The first-order valence-corrected chi connectivity index (χ1v) is 7.78. The lowest BCUT2D eigenvalue weighted by molar-refractivity contribution is -0.115. The SMILES string of the molecule is Cc1nnc(-c2cc(NC(=O)Cc3cccc(F)c3)c(C)s2)o1. The van der Waals surface area contributed by atoms with E-state index >= 15 is 0 Å². The third-order valence-corrected chi connectivity index (χ3v) is 4.22. The Bertz CT molecular complexity index is 857. The Morgan fingerprint density at radius 3 is 2.83 bits per heavy atom. The molecule has 0 aliphatic heterocycles. The van der Waals surface area contributed by atoms with E-state index < -0.39 is 0 Å². The van der Waals surface area contributed by atoms with Crippen LogP contribution in [-0.2, 0) is 11.2 Å². The zero-order valence-electron chi connectivity index (χ0n) is 12.6. The van der Waals surface area contributed by atoms with Crippen molar-refractivity contribution < 1.29 is 13.6 Å². The van der Waals surface area contributed by atoms with Gasteiger partial charge in [-0.3, -0.25) is 4.79 Å². The molecular weight excluding hydrogens is 317 g/mol. The quantitative estimate of drug-likeness (QED) is 0.791. The van der Waals surface area contributed by atoms with Crippen molar-refractivity contribution in [3.63, 3.8) is 0 Å². The molecule has 118 valence electrons. The summed E-state index contributed by atoms with van der Waals surface area (Å²) < 4.78 is 18.5. The lowest BCUT2D eigenvalue weighted by Gasteiger charge is -2.04. The molecule has 0 saturated heterocycles. The summed E-state index contributed by atoms with van der Waals surface area (Å²) in [7, 11) is 0. The van der Waals surface area contributed by atoms with Crippen LogP contribution < -0.4 is 5.32 Å². The molecule has 23 heavy (non-hydrogen) atoms. The second-order valence-corrected chi connectivity index (χ2v) is 6.32. The molecule has 3 rings (SSSR count). The van der Waals surface area contributed by atoms with Gasteiger partial charge in [0.05, 0.1) is 17.0 Å². The molecule has 2 aromatic heterocycles. The molecule has 7 heteroatoms. The summed E-state index contributed by atoms with van der Waals surface area (Å²) in [6, 6.07) is 7.81. The summed E-state index contributed by atoms with van der Waals surface area (Å²) >= 11 is 1.46. The molecule has 0 saturated carbocycles. The van der Waals surface area contributed by atoms with Crippen molar-refractivity contribution in [3.8, 4) is 10.8 Å². The van der Waals surface area contributed by atoms with E-state index in [-0.39, 0.29) is 18.1 Å². The molecule has 3 aromatic rings. The third-order valence-electron chi connectivity index (χ3n) is 3.18. The maximum absolute atomic E-state index is 13.1. The van der Waals surface area contributed by atoms with Gasteiger partial charge >= 0.3 is 0 Å². The fourth-order valence-corrected chi connectivity index (χ4v) is 3.03. The average molecular weight is 331 g/mol. The summed E-state index contributed by atoms with van der Waals surface area (Å²) in [5, 5.41) is 10.6. The molecule has 0 aliphatic carbocycles. The zero-order chi connectivity index (χ0) is 16.4. The van der Waals surface area contributed by atoms with Crippen LogP contribution in [-0.4, -0.2) is 16.1 Å². The number of aromatic nitrogens is 2. The number of carbonyl (C=O) groups is 1. The van der Waals surface area contributed by atoms with Crippen LogP contribution in [0.1, 0.15) is 16.3 Å². The standard InChI is InChI=1S/C16H14FN3O2S/c1-9-13(8-14(23-9)16-20-19-10(2)22-16)18-15(21)7-11-4-3-5-12(17)6-11/h3-6,8H,7H2,1-2H3,(H,18,21). The third kappa shape index (κ3) is 3.62. The Kier molecular flexibility index (Phi) is 4.20. The summed E-state index contributed by atoms with van der Waals surface area (Å²) in [5.74, 6) is 0.366. The van der Waals surface area contributed by atoms with Crippen molar-refractivity contribution in [1.29, 1.82) is 0 Å². The first kappa shape index (κ1) is 15.4. The number of nitrogens with one attached hydrogen (secondary N) is 1. The molecule has 1 aromatic carbocycles. The van der Waals surface area contributed by atoms with Crippen LogP contribution in [0.25, 0.3) is 10.8 Å². The predicted octanol–water partition coefficient (Wildman–Crippen LogP) is 3.74. The van der Waals surface area contributed by atoms with Gasteiger partial charge in [-0.05, 0) is 30.7 Å². The van der Waals surface area contributed by atoms with Gasteiger partial charge in [-0.2, -0.15) is 0 Å². The molecule has 0 radical (unpaired) electrons. The summed E-state index contributed by atoms with van der Waals surface area (Å²) in [5.41, 5.74) is 1.32. The van der Waals surface area contributed by atoms with Gasteiger partial charge in [-0.15, -0.1) is 21.5 Å². The Morgan fingerprint density at radius 2 is 2.13 bits per heavy atom. The number of hydrogen-bond donors (Lipinski definition) is 1. The summed E-state index contributed by atoms with van der Waals surface area (Å²) in [6.45, 7) is 3.62. The number of anilines is 1. The van der Waals surface area contributed by atoms with Crippen LogP contribution >= 0.6 is 11.3 Å². The predicted molar refractivity (Wildman–Crippen MR) is 85.8 cm³/mol. The van der Waals surface area contributed by atoms with Crippen molar-refractivity contribution in [2.45, 2.75) is 20.3 Å². The largest absolute Gasteiger partial charge is 0.420 e. The van der Waals surface area contributed by atoms with E-state index in [4.69, 9.17) is 4.42 Å². The van der Waals surface area contributed by atoms with E-state index in [2.05, 4.69) is 15.5 Å². The van der Waals surface area contributed by atoms with Crippen LogP contribution in [0, 0.1) is 19.7 Å². The maximum atomic E-state index is 13.1. The van der Waals surface area contributed by atoms with Crippen LogP contribution in [0.4, 0.5) is 10.1 Å². The monoisotopic (exact) mass is 331 g/mol. The molecule has 1 N–H and O–H groups in total. The Labute approximate surface area is 136 Å². The minimum atomic E-state index is -0.351. The van der Waals surface area contributed by atoms with Crippen molar-refractivity contribution >= 4 is 22.9 Å². The Morgan fingerprint density at radius 1 is 1.30 bits per heavy atom. The molecule has 0 bridgehead atoms. The minimum Gasteiger partial charge on any atom is -0.420 e. The summed E-state index contributed by atoms with van der Waals surface area (Å²) in [4.78, 5) is 13.8. The summed E-state index contributed by atoms with van der Waals surface area (Å²) in [6.07, 6.45) is 0.113. The lowest BCUT2D eigenvalue weighted by atomic mass is 10.1. The average Bonchev–Trinajstić information content (AvgIpc) is 3.06. The highest BCUT2D eigenvalue weighted by molar-refractivity contribution is 7.15. The van der Waals surface area contributed by atoms with Gasteiger partial charge < -0.3 is 9.73 Å². The van der Waals surface area contributed by atoms with E-state index in [1.165, 1.54) is 23.5 Å². The molecule has 1 amide bonds. The number of amides is 1. The first-order chi connectivity index (χ1) is 11.0. The van der Waals surface area contributed by atoms with Crippen LogP contribution in [0.15, 0.2) is 34.7 Å². The normalized spacial score (nSPS) is 10.7. The highest BCUT2D eigenvalue weighted by Gasteiger charge is 2.14. The second-order valence-electron chi connectivity index (χ2n) is 5.06. The second kappa shape index (κ2) is 6.29. The van der Waals surface area contributed by atoms with E-state index in [1.807, 2.05) is 6.92 Å². The van der Waals surface area contributed by atoms with Crippen molar-refractivity contribution in [2.24, 2.45) is 0 Å². The van der Waals surface area contributed by atoms with Gasteiger partial charge in [0.2, 0.25) is 11.8 Å². The zero-order valence-corrected chi connectivity index (χ0v) is 13.4. The highest BCUT2D eigenvalue weighted by Crippen LogP contribution is 2.33. The smallest absolute Gasteiger partial charge is 0.257 e. The van der Waals surface area contributed by atoms with E-state index in [9.17, 15) is 9.18 Å². The van der Waals surface area contributed by atoms with Gasteiger partial charge in [0, 0.05) is 11.8 Å². The molecule has 0 unspecified atom stereocenters. The molecular formula is C16H14FN3O2S. The van der Waals surface area contributed by atoms with Gasteiger partial charge in [0.15, 0.2) is 0 Å². The Hall–Kier alpha value is -2.54.